The zero-order chi connectivity index (χ0) is 22.0. The van der Waals surface area contributed by atoms with Gasteiger partial charge in [0.25, 0.3) is 0 Å². The molecule has 2 nitrogen and oxygen atoms in total. The molecule has 3 heteroatoms. The van der Waals surface area contributed by atoms with E-state index < -0.39 is 14.4 Å². The van der Waals surface area contributed by atoms with Gasteiger partial charge in [0.2, 0.25) is 0 Å². The van der Waals surface area contributed by atoms with Crippen molar-refractivity contribution >= 4 is 13.9 Å². The number of hydrogen-bond donors (Lipinski definition) is 1. The third-order valence-electron chi connectivity index (χ3n) is 5.96. The smallest absolute Gasteiger partial charge is 0.191 e. The standard InChI is InChI=1S/C27H38O2Si/c1-27(2,3)30(4,5)29-22-16-8-6-7-15-21-25(23-17-11-9-12-18-23)26(28)24-19-13-10-14-20-24/h7,9-15,17-21,26,28H,6,8,16,22H2,1-5H3/b15-7+,25-21-. The van der Waals surface area contributed by atoms with Crippen molar-refractivity contribution < 1.29 is 9.53 Å². The SMILES string of the molecule is CC(C)(C)[Si](C)(C)OCCCC/C=C/C=C(/c1ccccc1)C(O)c1ccccc1. The Morgan fingerprint density at radius 3 is 2.17 bits per heavy atom. The van der Waals surface area contributed by atoms with Crippen LogP contribution in [0.15, 0.2) is 78.9 Å². The van der Waals surface area contributed by atoms with Crippen molar-refractivity contribution in [2.45, 2.75) is 64.3 Å². The highest BCUT2D eigenvalue weighted by Crippen LogP contribution is 2.36. The maximum atomic E-state index is 10.9. The summed E-state index contributed by atoms with van der Waals surface area (Å²) in [5.41, 5.74) is 2.87. The molecule has 1 N–H and O–H groups in total. The summed E-state index contributed by atoms with van der Waals surface area (Å²) in [5.74, 6) is 0. The minimum absolute atomic E-state index is 0.269. The Morgan fingerprint density at radius 1 is 0.967 bits per heavy atom. The molecule has 1 unspecified atom stereocenters. The largest absolute Gasteiger partial charge is 0.417 e. The van der Waals surface area contributed by atoms with Gasteiger partial charge < -0.3 is 9.53 Å². The summed E-state index contributed by atoms with van der Waals surface area (Å²) in [7, 11) is -1.63. The van der Waals surface area contributed by atoms with Gasteiger partial charge in [0.1, 0.15) is 6.10 Å². The molecule has 0 amide bonds. The van der Waals surface area contributed by atoms with Gasteiger partial charge in [-0.05, 0) is 54.1 Å². The van der Waals surface area contributed by atoms with E-state index in [9.17, 15) is 5.11 Å². The number of hydrogen-bond acceptors (Lipinski definition) is 2. The number of rotatable bonds is 10. The number of benzene rings is 2. The maximum absolute atomic E-state index is 10.9. The minimum Gasteiger partial charge on any atom is -0.417 e. The summed E-state index contributed by atoms with van der Waals surface area (Å²) in [4.78, 5) is 0. The van der Waals surface area contributed by atoms with Gasteiger partial charge in [-0.1, -0.05) is 99.7 Å². The van der Waals surface area contributed by atoms with Crippen molar-refractivity contribution in [1.29, 1.82) is 0 Å². The highest BCUT2D eigenvalue weighted by molar-refractivity contribution is 6.74. The number of unbranched alkanes of at least 4 members (excludes halogenated alkanes) is 2. The van der Waals surface area contributed by atoms with Crippen molar-refractivity contribution in [3.8, 4) is 0 Å². The van der Waals surface area contributed by atoms with Crippen LogP contribution in [0.4, 0.5) is 0 Å². The topological polar surface area (TPSA) is 29.5 Å². The van der Waals surface area contributed by atoms with Gasteiger partial charge in [-0.3, -0.25) is 0 Å². The predicted octanol–water partition coefficient (Wildman–Crippen LogP) is 7.55. The first-order valence-corrected chi connectivity index (χ1v) is 13.9. The Kier molecular flexibility index (Phi) is 9.28. The van der Waals surface area contributed by atoms with E-state index in [1.165, 1.54) is 0 Å². The highest BCUT2D eigenvalue weighted by Gasteiger charge is 2.36. The molecule has 0 spiro atoms. The van der Waals surface area contributed by atoms with Crippen molar-refractivity contribution in [3.05, 3.63) is 90.0 Å². The quantitative estimate of drug-likeness (QED) is 0.243. The van der Waals surface area contributed by atoms with Gasteiger partial charge in [0.05, 0.1) is 0 Å². The molecule has 0 aliphatic carbocycles. The van der Waals surface area contributed by atoms with Gasteiger partial charge in [-0.15, -0.1) is 0 Å². The van der Waals surface area contributed by atoms with Crippen LogP contribution in [-0.2, 0) is 4.43 Å². The molecule has 0 saturated carbocycles. The first kappa shape index (κ1) is 24.3. The third-order valence-corrected chi connectivity index (χ3v) is 10.5. The molecule has 2 aromatic carbocycles. The molecule has 2 aromatic rings. The van der Waals surface area contributed by atoms with Crippen LogP contribution >= 0.6 is 0 Å². The van der Waals surface area contributed by atoms with Crippen LogP contribution in [-0.4, -0.2) is 20.0 Å². The maximum Gasteiger partial charge on any atom is 0.191 e. The minimum atomic E-state index is -1.63. The second kappa shape index (κ2) is 11.4. The second-order valence-corrected chi connectivity index (χ2v) is 14.1. The van der Waals surface area contributed by atoms with Gasteiger partial charge in [-0.25, -0.2) is 0 Å². The number of aliphatic hydroxyl groups excluding tert-OH is 1. The third kappa shape index (κ3) is 7.39. The molecule has 0 aliphatic rings. The van der Waals surface area contributed by atoms with Gasteiger partial charge >= 0.3 is 0 Å². The summed E-state index contributed by atoms with van der Waals surface area (Å²) in [6.07, 6.45) is 8.87. The Bertz CT molecular complexity index is 802. The molecule has 0 bridgehead atoms. The molecule has 2 rings (SSSR count). The molecule has 0 aliphatic heterocycles. The molecule has 30 heavy (non-hydrogen) atoms. The summed E-state index contributed by atoms with van der Waals surface area (Å²) in [6.45, 7) is 12.3. The molecule has 0 radical (unpaired) electrons. The number of aliphatic hydroxyl groups is 1. The average Bonchev–Trinajstić information content (AvgIpc) is 2.72. The van der Waals surface area contributed by atoms with E-state index in [1.807, 2.05) is 66.7 Å². The van der Waals surface area contributed by atoms with Crippen LogP contribution < -0.4 is 0 Å². The molecular weight excluding hydrogens is 384 g/mol. The fraction of sp³-hybridized carbons (Fsp3) is 0.407. The first-order valence-electron chi connectivity index (χ1n) is 11.0. The first-order chi connectivity index (χ1) is 14.2. The zero-order valence-corrected chi connectivity index (χ0v) is 20.3. The molecule has 0 fully saturated rings. The van der Waals surface area contributed by atoms with E-state index in [1.54, 1.807) is 0 Å². The lowest BCUT2D eigenvalue weighted by atomic mass is 9.95. The van der Waals surface area contributed by atoms with E-state index in [2.05, 4.69) is 46.0 Å². The molecule has 0 heterocycles. The van der Waals surface area contributed by atoms with Crippen LogP contribution in [0.5, 0.6) is 0 Å². The fourth-order valence-corrected chi connectivity index (χ4v) is 4.05. The summed E-state index contributed by atoms with van der Waals surface area (Å²) in [6, 6.07) is 19.9. The van der Waals surface area contributed by atoms with Crippen LogP contribution in [0.1, 0.15) is 57.3 Å². The van der Waals surface area contributed by atoms with Crippen molar-refractivity contribution in [1.82, 2.24) is 0 Å². The molecule has 0 aromatic heterocycles. The monoisotopic (exact) mass is 422 g/mol. The van der Waals surface area contributed by atoms with Gasteiger partial charge in [0.15, 0.2) is 8.32 Å². The molecule has 0 saturated heterocycles. The van der Waals surface area contributed by atoms with Gasteiger partial charge in [-0.2, -0.15) is 0 Å². The second-order valence-electron chi connectivity index (χ2n) is 9.33. The Hall–Kier alpha value is -1.94. The van der Waals surface area contributed by atoms with E-state index >= 15 is 0 Å². The summed E-state index contributed by atoms with van der Waals surface area (Å²) < 4.78 is 6.25. The van der Waals surface area contributed by atoms with Crippen LogP contribution in [0, 0.1) is 0 Å². The normalized spacial score (nSPS) is 14.3. The lowest BCUT2D eigenvalue weighted by Gasteiger charge is -2.36. The Balaban J connectivity index is 1.92. The van der Waals surface area contributed by atoms with E-state index in [4.69, 9.17) is 4.43 Å². The molecular formula is C27H38O2Si. The fourth-order valence-electron chi connectivity index (χ4n) is 2.97. The molecule has 1 atom stereocenters. The van der Waals surface area contributed by atoms with Crippen LogP contribution in [0.2, 0.25) is 18.1 Å². The predicted molar refractivity (Wildman–Crippen MR) is 132 cm³/mol. The van der Waals surface area contributed by atoms with E-state index in [0.717, 1.165) is 42.6 Å². The van der Waals surface area contributed by atoms with Crippen LogP contribution in [0.3, 0.4) is 0 Å². The van der Waals surface area contributed by atoms with Crippen LogP contribution in [0.25, 0.3) is 5.57 Å². The average molecular weight is 423 g/mol. The molecule has 162 valence electrons. The van der Waals surface area contributed by atoms with Crippen molar-refractivity contribution in [3.63, 3.8) is 0 Å². The van der Waals surface area contributed by atoms with Crippen molar-refractivity contribution in [2.24, 2.45) is 0 Å². The number of allylic oxidation sites excluding steroid dienone is 3. The lowest BCUT2D eigenvalue weighted by Crippen LogP contribution is -2.40. The van der Waals surface area contributed by atoms with E-state index in [0.29, 0.717) is 0 Å². The highest BCUT2D eigenvalue weighted by atomic mass is 28.4. The van der Waals surface area contributed by atoms with Crippen molar-refractivity contribution in [2.75, 3.05) is 6.61 Å². The lowest BCUT2D eigenvalue weighted by molar-refractivity contribution is 0.238. The zero-order valence-electron chi connectivity index (χ0n) is 19.3. The summed E-state index contributed by atoms with van der Waals surface area (Å²) in [5, 5.41) is 11.2. The van der Waals surface area contributed by atoms with E-state index in [-0.39, 0.29) is 5.04 Å². The van der Waals surface area contributed by atoms with Gasteiger partial charge in [0, 0.05) is 6.61 Å². The summed E-state index contributed by atoms with van der Waals surface area (Å²) >= 11 is 0. The Morgan fingerprint density at radius 2 is 1.57 bits per heavy atom. The Labute approximate surface area is 184 Å².